The van der Waals surface area contributed by atoms with Crippen molar-refractivity contribution in [1.82, 2.24) is 0 Å². The average molecular weight is 265 g/mol. The molecule has 0 saturated carbocycles. The van der Waals surface area contributed by atoms with Crippen molar-refractivity contribution in [3.8, 4) is 0 Å². The molecule has 0 amide bonds. The van der Waals surface area contributed by atoms with E-state index in [1.807, 2.05) is 0 Å². The first-order valence-electron chi connectivity index (χ1n) is 3.72. The largest absolute Gasteiger partial charge is 0.465 e. The summed E-state index contributed by atoms with van der Waals surface area (Å²) in [5, 5.41) is 0.322. The Morgan fingerprint density at radius 3 is 2.29 bits per heavy atom. The fourth-order valence-corrected chi connectivity index (χ4v) is 1.32. The van der Waals surface area contributed by atoms with Crippen molar-refractivity contribution in [2.75, 3.05) is 7.11 Å². The summed E-state index contributed by atoms with van der Waals surface area (Å²) in [4.78, 5) is 10.9. The van der Waals surface area contributed by atoms with Crippen molar-refractivity contribution < 1.29 is 18.3 Å². The molecule has 76 valence electrons. The summed E-state index contributed by atoms with van der Waals surface area (Å²) < 4.78 is 30.6. The fraction of sp³-hybridized carbons (Fsp3) is 0.222. The standard InChI is InChI=1S/C9H7BrF2O2/c1-14-9(13)8-6(11)2-5(4-10)3-7(8)12/h2-3H,4H2,1H3. The van der Waals surface area contributed by atoms with Crippen LogP contribution < -0.4 is 0 Å². The summed E-state index contributed by atoms with van der Waals surface area (Å²) in [5.41, 5.74) is -0.232. The quantitative estimate of drug-likeness (QED) is 0.607. The Balaban J connectivity index is 3.25. The van der Waals surface area contributed by atoms with E-state index in [-0.39, 0.29) is 0 Å². The monoisotopic (exact) mass is 264 g/mol. The number of carbonyl (C=O) groups is 1. The molecule has 0 atom stereocenters. The molecule has 2 nitrogen and oxygen atoms in total. The predicted molar refractivity (Wildman–Crippen MR) is 50.3 cm³/mol. The van der Waals surface area contributed by atoms with Crippen molar-refractivity contribution in [3.05, 3.63) is 34.9 Å². The van der Waals surface area contributed by atoms with Gasteiger partial charge in [0.05, 0.1) is 7.11 Å². The Labute approximate surface area is 88.0 Å². The van der Waals surface area contributed by atoms with Gasteiger partial charge in [-0.15, -0.1) is 0 Å². The van der Waals surface area contributed by atoms with Crippen molar-refractivity contribution in [2.24, 2.45) is 0 Å². The summed E-state index contributed by atoms with van der Waals surface area (Å²) >= 11 is 3.05. The minimum absolute atomic E-state index is 0.322. The SMILES string of the molecule is COC(=O)c1c(F)cc(CBr)cc1F. The Hall–Kier alpha value is -0.970. The van der Waals surface area contributed by atoms with Gasteiger partial charge < -0.3 is 4.74 Å². The van der Waals surface area contributed by atoms with Crippen LogP contribution in [0.25, 0.3) is 0 Å². The Kier molecular flexibility index (Phi) is 3.57. The minimum atomic E-state index is -1.01. The molecule has 0 unspecified atom stereocenters. The van der Waals surface area contributed by atoms with Gasteiger partial charge >= 0.3 is 5.97 Å². The number of carbonyl (C=O) groups excluding carboxylic acids is 1. The molecule has 1 aromatic rings. The van der Waals surface area contributed by atoms with Gasteiger partial charge in [-0.1, -0.05) is 15.9 Å². The van der Waals surface area contributed by atoms with E-state index in [0.29, 0.717) is 10.9 Å². The molecule has 0 saturated heterocycles. The highest BCUT2D eigenvalue weighted by Gasteiger charge is 2.18. The molecule has 0 radical (unpaired) electrons. The Morgan fingerprint density at radius 1 is 1.43 bits per heavy atom. The number of hydrogen-bond donors (Lipinski definition) is 0. The number of methoxy groups -OCH3 is 1. The summed E-state index contributed by atoms with van der Waals surface area (Å²) in [5.74, 6) is -2.83. The number of esters is 1. The fourth-order valence-electron chi connectivity index (χ4n) is 1.000. The first kappa shape index (κ1) is 11.1. The first-order chi connectivity index (χ1) is 6.60. The van der Waals surface area contributed by atoms with E-state index < -0.39 is 23.2 Å². The molecule has 0 aliphatic rings. The van der Waals surface area contributed by atoms with E-state index in [2.05, 4.69) is 20.7 Å². The lowest BCUT2D eigenvalue weighted by molar-refractivity contribution is 0.0590. The third-order valence-corrected chi connectivity index (χ3v) is 2.29. The van der Waals surface area contributed by atoms with E-state index in [4.69, 9.17) is 0 Å². The van der Waals surface area contributed by atoms with E-state index >= 15 is 0 Å². The topological polar surface area (TPSA) is 26.3 Å². The second kappa shape index (κ2) is 4.50. The van der Waals surface area contributed by atoms with Gasteiger partial charge in [0.1, 0.15) is 17.2 Å². The van der Waals surface area contributed by atoms with Crippen LogP contribution in [0.15, 0.2) is 12.1 Å². The van der Waals surface area contributed by atoms with Gasteiger partial charge in [-0.2, -0.15) is 0 Å². The second-order valence-electron chi connectivity index (χ2n) is 2.56. The molecule has 14 heavy (non-hydrogen) atoms. The lowest BCUT2D eigenvalue weighted by Gasteiger charge is -2.04. The number of hydrogen-bond acceptors (Lipinski definition) is 2. The van der Waals surface area contributed by atoms with Crippen molar-refractivity contribution in [3.63, 3.8) is 0 Å². The number of ether oxygens (including phenoxy) is 1. The van der Waals surface area contributed by atoms with Crippen LogP contribution in [-0.4, -0.2) is 13.1 Å². The molecule has 1 rings (SSSR count). The predicted octanol–water partition coefficient (Wildman–Crippen LogP) is 2.65. The molecular formula is C9H7BrF2O2. The molecule has 0 aliphatic heterocycles. The van der Waals surface area contributed by atoms with Gasteiger partial charge in [0.2, 0.25) is 0 Å². The zero-order chi connectivity index (χ0) is 10.7. The Morgan fingerprint density at radius 2 is 1.93 bits per heavy atom. The number of rotatable bonds is 2. The number of benzene rings is 1. The van der Waals surface area contributed by atoms with Crippen molar-refractivity contribution >= 4 is 21.9 Å². The average Bonchev–Trinajstić information content (AvgIpc) is 2.16. The molecule has 0 aromatic heterocycles. The smallest absolute Gasteiger partial charge is 0.343 e. The highest BCUT2D eigenvalue weighted by atomic mass is 79.9. The summed E-state index contributed by atoms with van der Waals surface area (Å²) in [7, 11) is 1.07. The van der Waals surface area contributed by atoms with Crippen LogP contribution in [0, 0.1) is 11.6 Å². The molecule has 0 aliphatic carbocycles. The summed E-state index contributed by atoms with van der Waals surface area (Å²) in [6, 6.07) is 2.17. The van der Waals surface area contributed by atoms with Crippen LogP contribution >= 0.6 is 15.9 Å². The van der Waals surface area contributed by atoms with Crippen LogP contribution in [0.4, 0.5) is 8.78 Å². The zero-order valence-corrected chi connectivity index (χ0v) is 8.90. The molecule has 0 N–H and O–H groups in total. The van der Waals surface area contributed by atoms with Gasteiger partial charge in [-0.25, -0.2) is 13.6 Å². The molecule has 1 aromatic carbocycles. The van der Waals surface area contributed by atoms with E-state index in [1.165, 1.54) is 0 Å². The van der Waals surface area contributed by atoms with Crippen LogP contribution in [0.5, 0.6) is 0 Å². The second-order valence-corrected chi connectivity index (χ2v) is 3.12. The van der Waals surface area contributed by atoms with E-state index in [9.17, 15) is 13.6 Å². The molecule has 0 bridgehead atoms. The molecule has 0 spiro atoms. The molecule has 0 fully saturated rings. The van der Waals surface area contributed by atoms with E-state index in [0.717, 1.165) is 19.2 Å². The maximum atomic E-state index is 13.2. The van der Waals surface area contributed by atoms with Crippen LogP contribution in [-0.2, 0) is 10.1 Å². The minimum Gasteiger partial charge on any atom is -0.465 e. The lowest BCUT2D eigenvalue weighted by atomic mass is 10.1. The third-order valence-electron chi connectivity index (χ3n) is 1.65. The molecule has 0 heterocycles. The maximum absolute atomic E-state index is 13.2. The highest BCUT2D eigenvalue weighted by Crippen LogP contribution is 2.17. The number of alkyl halides is 1. The third kappa shape index (κ3) is 2.09. The van der Waals surface area contributed by atoms with Crippen molar-refractivity contribution in [1.29, 1.82) is 0 Å². The Bertz CT molecular complexity index is 343. The van der Waals surface area contributed by atoms with Gasteiger partial charge in [-0.3, -0.25) is 0 Å². The van der Waals surface area contributed by atoms with Gasteiger partial charge in [0.25, 0.3) is 0 Å². The van der Waals surface area contributed by atoms with Crippen LogP contribution in [0.1, 0.15) is 15.9 Å². The normalized spacial score (nSPS) is 10.0. The maximum Gasteiger partial charge on any atom is 0.343 e. The zero-order valence-electron chi connectivity index (χ0n) is 7.31. The van der Waals surface area contributed by atoms with Gasteiger partial charge in [0.15, 0.2) is 0 Å². The summed E-state index contributed by atoms with van der Waals surface area (Å²) in [6.45, 7) is 0. The molecular weight excluding hydrogens is 258 g/mol. The van der Waals surface area contributed by atoms with Crippen molar-refractivity contribution in [2.45, 2.75) is 5.33 Å². The van der Waals surface area contributed by atoms with Gasteiger partial charge in [-0.05, 0) is 17.7 Å². The van der Waals surface area contributed by atoms with E-state index in [1.54, 1.807) is 0 Å². The molecule has 5 heteroatoms. The lowest BCUT2D eigenvalue weighted by Crippen LogP contribution is -2.08. The summed E-state index contributed by atoms with van der Waals surface area (Å²) in [6.07, 6.45) is 0. The number of halogens is 3. The first-order valence-corrected chi connectivity index (χ1v) is 4.84. The highest BCUT2D eigenvalue weighted by molar-refractivity contribution is 9.08. The van der Waals surface area contributed by atoms with Crippen LogP contribution in [0.3, 0.4) is 0 Å². The van der Waals surface area contributed by atoms with Crippen LogP contribution in [0.2, 0.25) is 0 Å². The van der Waals surface area contributed by atoms with Gasteiger partial charge in [0, 0.05) is 5.33 Å².